The van der Waals surface area contributed by atoms with Crippen molar-refractivity contribution in [1.82, 2.24) is 15.3 Å². The normalized spacial score (nSPS) is 19.1. The molecule has 1 unspecified atom stereocenters. The predicted octanol–water partition coefficient (Wildman–Crippen LogP) is -0.506. The molecule has 1 aromatic rings. The minimum Gasteiger partial charge on any atom is -0.365 e. The van der Waals surface area contributed by atoms with Crippen LogP contribution < -0.4 is 15.1 Å². The van der Waals surface area contributed by atoms with Crippen LogP contribution in [-0.4, -0.2) is 62.8 Å². The number of likely N-dealkylation sites (N-methyl/N-ethyl adjacent to an activating group) is 1. The summed E-state index contributed by atoms with van der Waals surface area (Å²) in [7, 11) is 5.45. The maximum atomic E-state index is 11.7. The second-order valence-electron chi connectivity index (χ2n) is 4.52. The molecular formula is C12H19N5O2. The van der Waals surface area contributed by atoms with Crippen molar-refractivity contribution in [2.45, 2.75) is 6.10 Å². The molecule has 7 nitrogen and oxygen atoms in total. The zero-order chi connectivity index (χ0) is 13.8. The summed E-state index contributed by atoms with van der Waals surface area (Å²) in [6, 6.07) is 0. The number of aromatic nitrogens is 2. The van der Waals surface area contributed by atoms with Gasteiger partial charge in [-0.15, -0.1) is 0 Å². The molecule has 0 radical (unpaired) electrons. The van der Waals surface area contributed by atoms with Gasteiger partial charge in [-0.2, -0.15) is 0 Å². The van der Waals surface area contributed by atoms with Gasteiger partial charge in [0.1, 0.15) is 0 Å². The minimum atomic E-state index is -0.462. The van der Waals surface area contributed by atoms with Crippen molar-refractivity contribution in [2.24, 2.45) is 0 Å². The SMILES string of the molecule is CNC(=O)C1CN(c2nccnc2N(C)C)CCO1. The Morgan fingerprint density at radius 3 is 2.89 bits per heavy atom. The molecule has 1 aliphatic rings. The number of hydrogen-bond acceptors (Lipinski definition) is 6. The van der Waals surface area contributed by atoms with Crippen molar-refractivity contribution in [3.05, 3.63) is 12.4 Å². The smallest absolute Gasteiger partial charge is 0.250 e. The van der Waals surface area contributed by atoms with E-state index in [2.05, 4.69) is 15.3 Å². The fraction of sp³-hybridized carbons (Fsp3) is 0.583. The van der Waals surface area contributed by atoms with Crippen molar-refractivity contribution in [3.8, 4) is 0 Å². The molecule has 0 spiro atoms. The fourth-order valence-corrected chi connectivity index (χ4v) is 2.02. The third kappa shape index (κ3) is 2.93. The molecule has 1 N–H and O–H groups in total. The number of nitrogens with zero attached hydrogens (tertiary/aromatic N) is 4. The molecule has 1 fully saturated rings. The molecule has 1 atom stereocenters. The predicted molar refractivity (Wildman–Crippen MR) is 72.4 cm³/mol. The zero-order valence-electron chi connectivity index (χ0n) is 11.5. The van der Waals surface area contributed by atoms with Gasteiger partial charge in [-0.1, -0.05) is 0 Å². The summed E-state index contributed by atoms with van der Waals surface area (Å²) in [5.41, 5.74) is 0. The van der Waals surface area contributed by atoms with E-state index < -0.39 is 6.10 Å². The van der Waals surface area contributed by atoms with Gasteiger partial charge in [-0.05, 0) is 0 Å². The van der Waals surface area contributed by atoms with E-state index >= 15 is 0 Å². The van der Waals surface area contributed by atoms with Crippen LogP contribution in [-0.2, 0) is 9.53 Å². The van der Waals surface area contributed by atoms with E-state index in [0.29, 0.717) is 19.7 Å². The number of anilines is 2. The number of rotatable bonds is 3. The Hall–Kier alpha value is -1.89. The van der Waals surface area contributed by atoms with Crippen LogP contribution in [0.2, 0.25) is 0 Å². The van der Waals surface area contributed by atoms with Crippen LogP contribution in [0.5, 0.6) is 0 Å². The lowest BCUT2D eigenvalue weighted by Gasteiger charge is -2.34. The van der Waals surface area contributed by atoms with Crippen LogP contribution >= 0.6 is 0 Å². The van der Waals surface area contributed by atoms with E-state index in [-0.39, 0.29) is 5.91 Å². The van der Waals surface area contributed by atoms with Gasteiger partial charge in [-0.25, -0.2) is 9.97 Å². The summed E-state index contributed by atoms with van der Waals surface area (Å²) < 4.78 is 5.47. The van der Waals surface area contributed by atoms with Gasteiger partial charge in [-0.3, -0.25) is 4.79 Å². The Kier molecular flexibility index (Phi) is 4.16. The van der Waals surface area contributed by atoms with E-state index in [1.165, 1.54) is 0 Å². The Morgan fingerprint density at radius 2 is 2.21 bits per heavy atom. The summed E-state index contributed by atoms with van der Waals surface area (Å²) in [4.78, 5) is 24.3. The number of carbonyl (C=O) groups excluding carboxylic acids is 1. The lowest BCUT2D eigenvalue weighted by Crippen LogP contribution is -2.49. The first-order valence-corrected chi connectivity index (χ1v) is 6.20. The fourth-order valence-electron chi connectivity index (χ4n) is 2.02. The molecule has 0 saturated carbocycles. The van der Waals surface area contributed by atoms with E-state index in [4.69, 9.17) is 4.74 Å². The van der Waals surface area contributed by atoms with Crippen molar-refractivity contribution >= 4 is 17.5 Å². The van der Waals surface area contributed by atoms with Crippen LogP contribution in [0.3, 0.4) is 0 Å². The van der Waals surface area contributed by atoms with Crippen LogP contribution in [0.15, 0.2) is 12.4 Å². The van der Waals surface area contributed by atoms with Crippen molar-refractivity contribution < 1.29 is 9.53 Å². The van der Waals surface area contributed by atoms with Crippen LogP contribution in [0.25, 0.3) is 0 Å². The molecule has 0 aromatic carbocycles. The van der Waals surface area contributed by atoms with E-state index in [0.717, 1.165) is 11.6 Å². The van der Waals surface area contributed by atoms with Gasteiger partial charge in [0, 0.05) is 40.1 Å². The van der Waals surface area contributed by atoms with Crippen LogP contribution in [0.1, 0.15) is 0 Å². The largest absolute Gasteiger partial charge is 0.365 e. The molecular weight excluding hydrogens is 246 g/mol. The number of amides is 1. The van der Waals surface area contributed by atoms with E-state index in [1.54, 1.807) is 19.4 Å². The monoisotopic (exact) mass is 265 g/mol. The van der Waals surface area contributed by atoms with Gasteiger partial charge in [0.15, 0.2) is 17.7 Å². The molecule has 2 heterocycles. The number of nitrogens with one attached hydrogen (secondary N) is 1. The molecule has 0 bridgehead atoms. The average Bonchev–Trinajstić information content (AvgIpc) is 2.46. The number of carbonyl (C=O) groups is 1. The Balaban J connectivity index is 2.20. The molecule has 1 aromatic heterocycles. The molecule has 7 heteroatoms. The highest BCUT2D eigenvalue weighted by Crippen LogP contribution is 2.24. The molecule has 0 aliphatic carbocycles. The molecule has 1 saturated heterocycles. The van der Waals surface area contributed by atoms with Crippen LogP contribution in [0.4, 0.5) is 11.6 Å². The Bertz CT molecular complexity index is 452. The second-order valence-corrected chi connectivity index (χ2v) is 4.52. The summed E-state index contributed by atoms with van der Waals surface area (Å²) >= 11 is 0. The van der Waals surface area contributed by atoms with Gasteiger partial charge >= 0.3 is 0 Å². The first-order valence-electron chi connectivity index (χ1n) is 6.20. The Labute approximate surface area is 112 Å². The summed E-state index contributed by atoms with van der Waals surface area (Å²) in [5, 5.41) is 2.61. The zero-order valence-corrected chi connectivity index (χ0v) is 11.5. The maximum Gasteiger partial charge on any atom is 0.250 e. The number of ether oxygens (including phenoxy) is 1. The summed E-state index contributed by atoms with van der Waals surface area (Å²) in [5.74, 6) is 1.46. The van der Waals surface area contributed by atoms with Gasteiger partial charge in [0.25, 0.3) is 5.91 Å². The van der Waals surface area contributed by atoms with Gasteiger partial charge < -0.3 is 19.9 Å². The van der Waals surface area contributed by atoms with Crippen molar-refractivity contribution in [1.29, 1.82) is 0 Å². The third-order valence-corrected chi connectivity index (χ3v) is 2.99. The first kappa shape index (κ1) is 13.5. The highest BCUT2D eigenvalue weighted by molar-refractivity contribution is 5.81. The van der Waals surface area contributed by atoms with Crippen LogP contribution in [0, 0.1) is 0 Å². The number of morpholine rings is 1. The summed E-state index contributed by atoms with van der Waals surface area (Å²) in [6.07, 6.45) is 2.86. The average molecular weight is 265 g/mol. The lowest BCUT2D eigenvalue weighted by atomic mass is 10.2. The molecule has 1 aliphatic heterocycles. The number of hydrogen-bond donors (Lipinski definition) is 1. The Morgan fingerprint density at radius 1 is 1.47 bits per heavy atom. The molecule has 2 rings (SSSR count). The highest BCUT2D eigenvalue weighted by Gasteiger charge is 2.28. The van der Waals surface area contributed by atoms with E-state index in [1.807, 2.05) is 23.9 Å². The van der Waals surface area contributed by atoms with Gasteiger partial charge in [0.2, 0.25) is 0 Å². The van der Waals surface area contributed by atoms with Gasteiger partial charge in [0.05, 0.1) is 13.2 Å². The lowest BCUT2D eigenvalue weighted by molar-refractivity contribution is -0.132. The minimum absolute atomic E-state index is 0.111. The summed E-state index contributed by atoms with van der Waals surface area (Å²) in [6.45, 7) is 1.69. The first-order chi connectivity index (χ1) is 9.13. The topological polar surface area (TPSA) is 70.6 Å². The molecule has 104 valence electrons. The highest BCUT2D eigenvalue weighted by atomic mass is 16.5. The maximum absolute atomic E-state index is 11.7. The molecule has 1 amide bonds. The second kappa shape index (κ2) is 5.83. The third-order valence-electron chi connectivity index (χ3n) is 2.99. The van der Waals surface area contributed by atoms with Crippen molar-refractivity contribution in [2.75, 3.05) is 50.6 Å². The quantitative estimate of drug-likeness (QED) is 0.794. The molecule has 19 heavy (non-hydrogen) atoms. The van der Waals surface area contributed by atoms with E-state index in [9.17, 15) is 4.79 Å². The van der Waals surface area contributed by atoms with Crippen molar-refractivity contribution in [3.63, 3.8) is 0 Å². The standard InChI is InChI=1S/C12H19N5O2/c1-13-12(18)9-8-17(6-7-19-9)11-10(16(2)3)14-4-5-15-11/h4-5,9H,6-8H2,1-3H3,(H,13,18).